The van der Waals surface area contributed by atoms with Crippen LogP contribution >= 0.6 is 0 Å². The van der Waals surface area contributed by atoms with Crippen LogP contribution in [0.4, 0.5) is 10.1 Å². The van der Waals surface area contributed by atoms with Gasteiger partial charge in [-0.05, 0) is 68.2 Å². The minimum Gasteiger partial charge on any atom is -0.495 e. The van der Waals surface area contributed by atoms with E-state index in [-0.39, 0.29) is 17.8 Å². The van der Waals surface area contributed by atoms with Gasteiger partial charge in [0.25, 0.3) is 0 Å². The average molecular weight is 505 g/mol. The zero-order valence-corrected chi connectivity index (χ0v) is 21.6. The molecule has 2 aliphatic rings. The Kier molecular flexibility index (Phi) is 7.28. The lowest BCUT2D eigenvalue weighted by Crippen LogP contribution is -2.41. The van der Waals surface area contributed by atoms with Crippen LogP contribution in [0.1, 0.15) is 42.6 Å². The molecule has 2 saturated heterocycles. The van der Waals surface area contributed by atoms with Crippen LogP contribution in [0.3, 0.4) is 0 Å². The van der Waals surface area contributed by atoms with Crippen molar-refractivity contribution in [3.05, 3.63) is 77.1 Å². The lowest BCUT2D eigenvalue weighted by molar-refractivity contribution is -0.130. The topological polar surface area (TPSA) is 59.8 Å². The largest absolute Gasteiger partial charge is 0.495 e. The average Bonchev–Trinajstić information content (AvgIpc) is 3.35. The molecule has 1 aromatic heterocycles. The van der Waals surface area contributed by atoms with Gasteiger partial charge >= 0.3 is 0 Å². The van der Waals surface area contributed by atoms with Gasteiger partial charge < -0.3 is 23.8 Å². The van der Waals surface area contributed by atoms with Gasteiger partial charge in [0, 0.05) is 37.1 Å². The van der Waals surface area contributed by atoms with Gasteiger partial charge in [-0.25, -0.2) is 9.37 Å². The van der Waals surface area contributed by atoms with Crippen LogP contribution in [0.5, 0.6) is 5.75 Å². The van der Waals surface area contributed by atoms with Crippen LogP contribution in [0.2, 0.25) is 0 Å². The van der Waals surface area contributed by atoms with E-state index in [4.69, 9.17) is 9.47 Å². The van der Waals surface area contributed by atoms with E-state index < -0.39 is 0 Å². The number of anilines is 1. The number of carbonyl (C=O) groups is 1. The molecule has 0 aliphatic carbocycles. The van der Waals surface area contributed by atoms with Crippen molar-refractivity contribution in [3.63, 3.8) is 0 Å². The molecule has 3 heterocycles. The number of nitrogens with zero attached hydrogens (tertiary/aromatic N) is 4. The highest BCUT2D eigenvalue weighted by Crippen LogP contribution is 2.35. The van der Waals surface area contributed by atoms with Crippen molar-refractivity contribution in [2.24, 2.45) is 0 Å². The van der Waals surface area contributed by atoms with Gasteiger partial charge in [0.1, 0.15) is 11.6 Å². The first-order valence-corrected chi connectivity index (χ1v) is 12.8. The summed E-state index contributed by atoms with van der Waals surface area (Å²) in [6.07, 6.45) is 7.25. The number of likely N-dealkylation sites (tertiary alicyclic amines) is 1. The van der Waals surface area contributed by atoms with E-state index in [0.717, 1.165) is 40.2 Å². The molecule has 0 radical (unpaired) electrons. The fraction of sp³-hybridized carbons (Fsp3) is 0.379. The molecule has 5 rings (SSSR count). The molecule has 0 bridgehead atoms. The maximum absolute atomic E-state index is 14.2. The number of hydrogen-bond acceptors (Lipinski definition) is 5. The van der Waals surface area contributed by atoms with Crippen molar-refractivity contribution in [2.45, 2.75) is 32.7 Å². The Balaban J connectivity index is 1.41. The second kappa shape index (κ2) is 10.8. The van der Waals surface area contributed by atoms with Gasteiger partial charge in [-0.1, -0.05) is 12.1 Å². The van der Waals surface area contributed by atoms with E-state index >= 15 is 0 Å². The van der Waals surface area contributed by atoms with Crippen LogP contribution in [0.25, 0.3) is 11.8 Å². The molecule has 194 valence electrons. The summed E-state index contributed by atoms with van der Waals surface area (Å²) in [4.78, 5) is 22.0. The molecule has 0 spiro atoms. The fourth-order valence-corrected chi connectivity index (χ4v) is 5.20. The first-order chi connectivity index (χ1) is 17.9. The summed E-state index contributed by atoms with van der Waals surface area (Å²) in [6, 6.07) is 10.6. The minimum absolute atomic E-state index is 0.0179. The predicted octanol–water partition coefficient (Wildman–Crippen LogP) is 4.93. The number of aryl methyl sites for hydroxylation is 1. The van der Waals surface area contributed by atoms with Gasteiger partial charge in [-0.3, -0.25) is 4.79 Å². The normalized spacial score (nSPS) is 18.4. The molecule has 2 aromatic carbocycles. The number of carbonyl (C=O) groups excluding carboxylic acids is 1. The summed E-state index contributed by atoms with van der Waals surface area (Å²) in [7, 11) is 1.64. The Morgan fingerprint density at radius 2 is 1.92 bits per heavy atom. The number of piperidine rings is 1. The molecule has 1 amide bonds. The van der Waals surface area contributed by atoms with Crippen molar-refractivity contribution in [1.82, 2.24) is 14.5 Å². The van der Waals surface area contributed by atoms with Crippen molar-refractivity contribution >= 4 is 17.7 Å². The number of imidazole rings is 1. The molecule has 2 aliphatic heterocycles. The monoisotopic (exact) mass is 504 g/mol. The number of amides is 1. The number of ether oxygens (including phenoxy) is 2. The van der Waals surface area contributed by atoms with Crippen molar-refractivity contribution in [3.8, 4) is 11.4 Å². The Bertz CT molecular complexity index is 1310. The highest BCUT2D eigenvalue weighted by atomic mass is 19.1. The summed E-state index contributed by atoms with van der Waals surface area (Å²) in [5.74, 6) is 0.456. The fourth-order valence-electron chi connectivity index (χ4n) is 5.20. The van der Waals surface area contributed by atoms with Crippen LogP contribution < -0.4 is 9.64 Å². The van der Waals surface area contributed by atoms with Crippen LogP contribution in [-0.2, 0) is 9.53 Å². The predicted molar refractivity (Wildman–Crippen MR) is 142 cm³/mol. The first kappa shape index (κ1) is 25.0. The zero-order chi connectivity index (χ0) is 25.9. The summed E-state index contributed by atoms with van der Waals surface area (Å²) >= 11 is 0. The minimum atomic E-state index is -0.272. The molecule has 1 atom stereocenters. The second-order valence-corrected chi connectivity index (χ2v) is 9.60. The maximum Gasteiger partial charge on any atom is 0.250 e. The van der Waals surface area contributed by atoms with E-state index in [2.05, 4.69) is 9.88 Å². The highest BCUT2D eigenvalue weighted by Gasteiger charge is 2.30. The van der Waals surface area contributed by atoms with Crippen molar-refractivity contribution in [1.29, 1.82) is 0 Å². The standard InChI is InChI=1S/C29H33FN4O3/c1-20-18-33(19-31-20)26-9-6-22(16-28(26)36-3)15-23-5-4-10-34(29(23)35)21(2)25-8-7-24(30)17-27(25)32-11-13-37-14-12-32/h6-9,15-19,21H,4-5,10-14H2,1-3H3/b23-15+/t21-/m0/s1. The van der Waals surface area contributed by atoms with Crippen LogP contribution in [-0.4, -0.2) is 60.3 Å². The van der Waals surface area contributed by atoms with Gasteiger partial charge in [-0.2, -0.15) is 0 Å². The Hall–Kier alpha value is -3.65. The smallest absolute Gasteiger partial charge is 0.250 e. The lowest BCUT2D eigenvalue weighted by Gasteiger charge is -2.37. The first-order valence-electron chi connectivity index (χ1n) is 12.8. The SMILES string of the molecule is COc1cc(/C=C2\CCCN([C@@H](C)c3ccc(F)cc3N3CCOCC3)C2=O)ccc1-n1cnc(C)c1. The van der Waals surface area contributed by atoms with E-state index in [9.17, 15) is 9.18 Å². The quantitative estimate of drug-likeness (QED) is 0.446. The summed E-state index contributed by atoms with van der Waals surface area (Å²) < 4.78 is 27.3. The van der Waals surface area contributed by atoms with E-state index in [1.54, 1.807) is 19.5 Å². The van der Waals surface area contributed by atoms with E-state index in [0.29, 0.717) is 45.0 Å². The molecule has 8 heteroatoms. The number of aromatic nitrogens is 2. The third kappa shape index (κ3) is 5.25. The number of halogens is 1. The molecule has 2 fully saturated rings. The number of benzene rings is 2. The Morgan fingerprint density at radius 3 is 2.65 bits per heavy atom. The summed E-state index contributed by atoms with van der Waals surface area (Å²) in [6.45, 7) is 7.28. The third-order valence-electron chi connectivity index (χ3n) is 7.18. The summed E-state index contributed by atoms with van der Waals surface area (Å²) in [5, 5.41) is 0. The zero-order valence-electron chi connectivity index (χ0n) is 21.6. The molecule has 3 aromatic rings. The Labute approximate surface area is 217 Å². The van der Waals surface area contributed by atoms with Crippen molar-refractivity contribution in [2.75, 3.05) is 44.9 Å². The van der Waals surface area contributed by atoms with Gasteiger partial charge in [0.2, 0.25) is 5.91 Å². The van der Waals surface area contributed by atoms with Gasteiger partial charge in [-0.15, -0.1) is 0 Å². The molecular formula is C29H33FN4O3. The summed E-state index contributed by atoms with van der Waals surface area (Å²) in [5.41, 5.74) is 5.29. The molecule has 7 nitrogen and oxygen atoms in total. The molecule has 0 saturated carbocycles. The maximum atomic E-state index is 14.2. The highest BCUT2D eigenvalue weighted by molar-refractivity contribution is 5.99. The second-order valence-electron chi connectivity index (χ2n) is 9.60. The number of morpholine rings is 1. The molecule has 0 unspecified atom stereocenters. The number of methoxy groups -OCH3 is 1. The lowest BCUT2D eigenvalue weighted by atomic mass is 9.96. The molecular weight excluding hydrogens is 471 g/mol. The Morgan fingerprint density at radius 1 is 1.11 bits per heavy atom. The van der Waals surface area contributed by atoms with E-state index in [1.165, 1.54) is 6.07 Å². The number of hydrogen-bond donors (Lipinski definition) is 0. The van der Waals surface area contributed by atoms with Crippen LogP contribution in [0, 0.1) is 12.7 Å². The van der Waals surface area contributed by atoms with Crippen molar-refractivity contribution < 1.29 is 18.7 Å². The van der Waals surface area contributed by atoms with Gasteiger partial charge in [0.15, 0.2) is 0 Å². The van der Waals surface area contributed by atoms with Crippen LogP contribution in [0.15, 0.2) is 54.5 Å². The van der Waals surface area contributed by atoms with Gasteiger partial charge in [0.05, 0.1) is 44.1 Å². The third-order valence-corrected chi connectivity index (χ3v) is 7.18. The number of rotatable bonds is 6. The van der Waals surface area contributed by atoms with E-state index in [1.807, 2.05) is 59.9 Å². The molecule has 37 heavy (non-hydrogen) atoms. The molecule has 0 N–H and O–H groups in total.